The van der Waals surface area contributed by atoms with Gasteiger partial charge in [0.25, 0.3) is 0 Å². The van der Waals surface area contributed by atoms with Crippen LogP contribution in [0.1, 0.15) is 5.56 Å². The summed E-state index contributed by atoms with van der Waals surface area (Å²) in [7, 11) is 3.19. The molecule has 0 amide bonds. The molecule has 2 heterocycles. The van der Waals surface area contributed by atoms with Gasteiger partial charge < -0.3 is 34.6 Å². The zero-order valence-corrected chi connectivity index (χ0v) is 25.2. The second kappa shape index (κ2) is 13.3. The first-order chi connectivity index (χ1) is 22.0. The Morgan fingerprint density at radius 1 is 0.778 bits per heavy atom. The van der Waals surface area contributed by atoms with Crippen LogP contribution in [0.4, 0.5) is 17.6 Å². The highest BCUT2D eigenvalue weighted by molar-refractivity contribution is 7.80. The van der Waals surface area contributed by atoms with Gasteiger partial charge in [0, 0.05) is 12.2 Å². The standard InChI is InChI=1S/C33H28N6O5S/c1-41-26-14-11-20(17-28(26)42-2)15-16-34-30-36-31(39-33(45)35-23-13-12-21-7-3-4-8-22(21)18-23)38-32(37-30)44-27-19-29(40)43-25-10-6-5-9-24(25)27/h3-14,17-19H,15-16H2,1-2H3,(H3,34,35,36,37,38,39,45). The Bertz CT molecular complexity index is 2070. The van der Waals surface area contributed by atoms with Crippen LogP contribution in [0.3, 0.4) is 0 Å². The van der Waals surface area contributed by atoms with E-state index >= 15 is 0 Å². The maximum Gasteiger partial charge on any atom is 0.339 e. The third-order valence-corrected chi connectivity index (χ3v) is 7.01. The van der Waals surface area contributed by atoms with Crippen LogP contribution in [0.2, 0.25) is 0 Å². The number of rotatable bonds is 10. The van der Waals surface area contributed by atoms with Gasteiger partial charge in [-0.15, -0.1) is 0 Å². The van der Waals surface area contributed by atoms with Crippen molar-refractivity contribution in [2.75, 3.05) is 36.7 Å². The van der Waals surface area contributed by atoms with Gasteiger partial charge in [0.1, 0.15) is 11.3 Å². The largest absolute Gasteiger partial charge is 0.493 e. The number of para-hydroxylation sites is 1. The molecule has 0 aliphatic carbocycles. The lowest BCUT2D eigenvalue weighted by Gasteiger charge is -2.13. The molecule has 11 nitrogen and oxygen atoms in total. The maximum absolute atomic E-state index is 12.2. The van der Waals surface area contributed by atoms with Crippen molar-refractivity contribution >= 4 is 56.7 Å². The number of ether oxygens (including phenoxy) is 3. The molecule has 4 aromatic carbocycles. The summed E-state index contributed by atoms with van der Waals surface area (Å²) in [6.07, 6.45) is 0.636. The maximum atomic E-state index is 12.2. The van der Waals surface area contributed by atoms with Crippen molar-refractivity contribution in [2.45, 2.75) is 6.42 Å². The number of aromatic nitrogens is 3. The minimum Gasteiger partial charge on any atom is -0.493 e. The Labute approximate surface area is 263 Å². The molecule has 0 bridgehead atoms. The van der Waals surface area contributed by atoms with Gasteiger partial charge in [0.2, 0.25) is 11.9 Å². The van der Waals surface area contributed by atoms with E-state index in [9.17, 15) is 4.79 Å². The number of benzene rings is 4. The van der Waals surface area contributed by atoms with E-state index in [0.717, 1.165) is 22.0 Å². The third kappa shape index (κ3) is 7.08. The number of nitrogens with one attached hydrogen (secondary N) is 3. The number of anilines is 3. The van der Waals surface area contributed by atoms with E-state index in [4.69, 9.17) is 30.8 Å². The lowest BCUT2D eigenvalue weighted by atomic mass is 10.1. The van der Waals surface area contributed by atoms with Crippen molar-refractivity contribution in [3.05, 3.63) is 107 Å². The van der Waals surface area contributed by atoms with Gasteiger partial charge in [-0.05, 0) is 71.4 Å². The van der Waals surface area contributed by atoms with Crippen LogP contribution >= 0.6 is 12.2 Å². The van der Waals surface area contributed by atoms with Crippen molar-refractivity contribution in [3.63, 3.8) is 0 Å². The smallest absolute Gasteiger partial charge is 0.339 e. The number of hydrogen-bond donors (Lipinski definition) is 3. The summed E-state index contributed by atoms with van der Waals surface area (Å²) in [4.78, 5) is 25.6. The second-order valence-electron chi connectivity index (χ2n) is 9.80. The molecule has 0 atom stereocenters. The Morgan fingerprint density at radius 3 is 2.40 bits per heavy atom. The van der Waals surface area contributed by atoms with E-state index in [1.807, 2.05) is 66.7 Å². The van der Waals surface area contributed by atoms with Crippen molar-refractivity contribution in [3.8, 4) is 23.3 Å². The summed E-state index contributed by atoms with van der Waals surface area (Å²) >= 11 is 5.57. The SMILES string of the molecule is COc1ccc(CCNc2nc(NC(=S)Nc3ccc4ccccc4c3)nc(Oc3cc(=O)oc4ccccc34)n2)cc1OC. The molecular formula is C33H28N6O5S. The molecule has 0 aliphatic rings. The van der Waals surface area contributed by atoms with Crippen LogP contribution < -0.4 is 35.8 Å². The van der Waals surface area contributed by atoms with Crippen molar-refractivity contribution < 1.29 is 18.6 Å². The number of hydrogen-bond acceptors (Lipinski definition) is 10. The molecule has 0 saturated heterocycles. The molecule has 0 unspecified atom stereocenters. The predicted octanol–water partition coefficient (Wildman–Crippen LogP) is 6.40. The Kier molecular flexibility index (Phi) is 8.65. The lowest BCUT2D eigenvalue weighted by molar-refractivity contribution is 0.354. The van der Waals surface area contributed by atoms with Gasteiger partial charge >= 0.3 is 11.6 Å². The predicted molar refractivity (Wildman–Crippen MR) is 178 cm³/mol. The summed E-state index contributed by atoms with van der Waals surface area (Å²) in [5.74, 6) is 1.92. The Morgan fingerprint density at radius 2 is 1.56 bits per heavy atom. The van der Waals surface area contributed by atoms with E-state index in [1.54, 1.807) is 32.4 Å². The Balaban J connectivity index is 1.24. The fraction of sp³-hybridized carbons (Fsp3) is 0.121. The van der Waals surface area contributed by atoms with Gasteiger partial charge in [-0.1, -0.05) is 48.5 Å². The summed E-state index contributed by atoms with van der Waals surface area (Å²) in [5.41, 5.74) is 1.63. The van der Waals surface area contributed by atoms with Crippen molar-refractivity contribution in [1.29, 1.82) is 0 Å². The number of fused-ring (bicyclic) bond motifs is 2. The quantitative estimate of drug-likeness (QED) is 0.116. The molecule has 12 heteroatoms. The highest BCUT2D eigenvalue weighted by atomic mass is 32.1. The van der Waals surface area contributed by atoms with Crippen LogP contribution in [0.25, 0.3) is 21.7 Å². The van der Waals surface area contributed by atoms with E-state index in [2.05, 4.69) is 30.9 Å². The van der Waals surface area contributed by atoms with Crippen LogP contribution in [0.15, 0.2) is 100 Å². The fourth-order valence-electron chi connectivity index (χ4n) is 4.69. The van der Waals surface area contributed by atoms with Crippen LogP contribution in [0.5, 0.6) is 23.3 Å². The minimum atomic E-state index is -0.565. The molecule has 6 aromatic rings. The molecule has 3 N–H and O–H groups in total. The van der Waals surface area contributed by atoms with E-state index in [1.165, 1.54) is 6.07 Å². The lowest BCUT2D eigenvalue weighted by Crippen LogP contribution is -2.21. The van der Waals surface area contributed by atoms with Gasteiger partial charge in [-0.2, -0.15) is 15.0 Å². The fourth-order valence-corrected chi connectivity index (χ4v) is 4.90. The van der Waals surface area contributed by atoms with Gasteiger partial charge in [0.15, 0.2) is 16.6 Å². The summed E-state index contributed by atoms with van der Waals surface area (Å²) in [6.45, 7) is 0.482. The first-order valence-electron chi connectivity index (χ1n) is 14.0. The summed E-state index contributed by atoms with van der Waals surface area (Å²) in [5, 5.41) is 12.5. The monoisotopic (exact) mass is 620 g/mol. The van der Waals surface area contributed by atoms with Gasteiger partial charge in [-0.3, -0.25) is 0 Å². The molecule has 0 spiro atoms. The third-order valence-electron chi connectivity index (χ3n) is 6.81. The van der Waals surface area contributed by atoms with Crippen molar-refractivity contribution in [1.82, 2.24) is 15.0 Å². The highest BCUT2D eigenvalue weighted by Crippen LogP contribution is 2.29. The Hall–Kier alpha value is -5.75. The highest BCUT2D eigenvalue weighted by Gasteiger charge is 2.14. The zero-order chi connectivity index (χ0) is 31.2. The van der Waals surface area contributed by atoms with Gasteiger partial charge in [-0.25, -0.2) is 4.79 Å². The zero-order valence-electron chi connectivity index (χ0n) is 24.4. The van der Waals surface area contributed by atoms with E-state index in [-0.39, 0.29) is 28.8 Å². The van der Waals surface area contributed by atoms with Crippen LogP contribution in [-0.2, 0) is 6.42 Å². The first-order valence-corrected chi connectivity index (χ1v) is 14.4. The molecule has 226 valence electrons. The van der Waals surface area contributed by atoms with E-state index in [0.29, 0.717) is 35.4 Å². The first kappa shape index (κ1) is 29.3. The normalized spacial score (nSPS) is 10.8. The molecule has 6 rings (SSSR count). The molecule has 2 aromatic heterocycles. The average molecular weight is 621 g/mol. The van der Waals surface area contributed by atoms with Crippen LogP contribution in [-0.4, -0.2) is 40.8 Å². The number of thiocarbonyl (C=S) groups is 1. The summed E-state index contributed by atoms with van der Waals surface area (Å²) in [6, 6.07) is 28.0. The number of methoxy groups -OCH3 is 2. The molecular weight excluding hydrogens is 592 g/mol. The molecule has 0 fully saturated rings. The molecule has 0 aliphatic heterocycles. The van der Waals surface area contributed by atoms with Gasteiger partial charge in [0.05, 0.1) is 25.7 Å². The molecule has 45 heavy (non-hydrogen) atoms. The average Bonchev–Trinajstić information content (AvgIpc) is 3.04. The van der Waals surface area contributed by atoms with Crippen LogP contribution in [0, 0.1) is 0 Å². The second-order valence-corrected chi connectivity index (χ2v) is 10.2. The number of nitrogens with zero attached hydrogens (tertiary/aromatic N) is 3. The molecule has 0 saturated carbocycles. The van der Waals surface area contributed by atoms with E-state index < -0.39 is 5.63 Å². The topological polar surface area (TPSA) is 133 Å². The molecule has 0 radical (unpaired) electrons. The van der Waals surface area contributed by atoms with Crippen molar-refractivity contribution in [2.24, 2.45) is 0 Å². The summed E-state index contributed by atoms with van der Waals surface area (Å²) < 4.78 is 22.1. The minimum absolute atomic E-state index is 0.0506.